The smallest absolute Gasteiger partial charge is 0.375 e. The van der Waals surface area contributed by atoms with Crippen LogP contribution in [0.15, 0.2) is 12.3 Å². The zero-order valence-corrected chi connectivity index (χ0v) is 12.8. The van der Waals surface area contributed by atoms with E-state index in [1.54, 1.807) is 6.92 Å². The third-order valence-electron chi connectivity index (χ3n) is 3.10. The highest BCUT2D eigenvalue weighted by Crippen LogP contribution is 2.30. The molecule has 0 radical (unpaired) electrons. The minimum atomic E-state index is -2.91. The molecule has 5 N–H and O–H groups in total. The second-order valence-electron chi connectivity index (χ2n) is 4.85. The lowest BCUT2D eigenvalue weighted by molar-refractivity contribution is -0.438. The van der Waals surface area contributed by atoms with Gasteiger partial charge in [0.1, 0.15) is 18.3 Å². The van der Waals surface area contributed by atoms with E-state index in [0.29, 0.717) is 0 Å². The van der Waals surface area contributed by atoms with Gasteiger partial charge >= 0.3 is 11.9 Å². The quantitative estimate of drug-likeness (QED) is 0.146. The van der Waals surface area contributed by atoms with Crippen molar-refractivity contribution in [3.05, 3.63) is 12.3 Å². The predicted octanol–water partition coefficient (Wildman–Crippen LogP) is -2.44. The van der Waals surface area contributed by atoms with Gasteiger partial charge in [-0.15, -0.1) is 0 Å². The van der Waals surface area contributed by atoms with Crippen molar-refractivity contribution in [3.8, 4) is 0 Å². The van der Waals surface area contributed by atoms with Gasteiger partial charge in [0, 0.05) is 6.61 Å². The Hall–Kier alpha value is -1.27. The monoisotopic (exact) mass is 338 g/mol. The Morgan fingerprint density at radius 1 is 1.35 bits per heavy atom. The summed E-state index contributed by atoms with van der Waals surface area (Å²) in [5.41, 5.74) is 0. The summed E-state index contributed by atoms with van der Waals surface area (Å²) in [6.45, 7) is 5.86. The van der Waals surface area contributed by atoms with Crippen molar-refractivity contribution in [1.29, 1.82) is 0 Å². The molecule has 0 saturated carbocycles. The van der Waals surface area contributed by atoms with Crippen LogP contribution in [-0.2, 0) is 23.7 Å². The molecule has 0 aliphatic carbocycles. The predicted molar refractivity (Wildman–Crippen MR) is 72.3 cm³/mol. The number of ether oxygens (including phenoxy) is 4. The molecule has 1 rings (SSSR count). The Morgan fingerprint density at radius 2 is 1.96 bits per heavy atom. The third kappa shape index (κ3) is 4.61. The first kappa shape index (κ1) is 19.8. The molecule has 1 aliphatic rings. The Balaban J connectivity index is 2.76. The van der Waals surface area contributed by atoms with Crippen LogP contribution in [0.3, 0.4) is 0 Å². The molecule has 0 amide bonds. The first-order valence-electron chi connectivity index (χ1n) is 6.92. The topological polar surface area (TPSA) is 155 Å². The lowest BCUT2D eigenvalue weighted by Crippen LogP contribution is -2.66. The van der Waals surface area contributed by atoms with Gasteiger partial charge in [-0.25, -0.2) is 4.79 Å². The molecule has 1 saturated heterocycles. The van der Waals surface area contributed by atoms with Crippen LogP contribution in [0, 0.1) is 0 Å². The molecule has 1 aliphatic heterocycles. The molecular weight excluding hydrogens is 316 g/mol. The summed E-state index contributed by atoms with van der Waals surface area (Å²) in [4.78, 5) is 11.7. The summed E-state index contributed by atoms with van der Waals surface area (Å²) < 4.78 is 19.3. The van der Waals surface area contributed by atoms with Crippen LogP contribution in [0.25, 0.3) is 0 Å². The van der Waals surface area contributed by atoms with E-state index in [-0.39, 0.29) is 6.61 Å². The maximum absolute atomic E-state index is 11.7. The molecule has 0 aromatic rings. The summed E-state index contributed by atoms with van der Waals surface area (Å²) in [5, 5.41) is 48.1. The van der Waals surface area contributed by atoms with Gasteiger partial charge in [-0.1, -0.05) is 0 Å². The average Bonchev–Trinajstić information content (AvgIpc) is 2.49. The summed E-state index contributed by atoms with van der Waals surface area (Å²) in [5.74, 6) is -4.74. The van der Waals surface area contributed by atoms with Gasteiger partial charge in [0.2, 0.25) is 12.0 Å². The maximum atomic E-state index is 11.7. The highest BCUT2D eigenvalue weighted by Gasteiger charge is 2.55. The Bertz CT molecular complexity index is 425. The van der Waals surface area contributed by atoms with Crippen molar-refractivity contribution in [2.45, 2.75) is 50.5 Å². The number of carbonyl (C=O) groups excluding carboxylic acids is 1. The molecule has 23 heavy (non-hydrogen) atoms. The molecule has 0 aromatic carbocycles. The van der Waals surface area contributed by atoms with Crippen molar-refractivity contribution in [1.82, 2.24) is 0 Å². The van der Waals surface area contributed by atoms with E-state index in [1.807, 2.05) is 0 Å². The minimum absolute atomic E-state index is 0.288. The van der Waals surface area contributed by atoms with Crippen molar-refractivity contribution < 1.29 is 49.3 Å². The highest BCUT2D eigenvalue weighted by molar-refractivity contribution is 5.85. The van der Waals surface area contributed by atoms with Gasteiger partial charge in [0.05, 0.1) is 6.61 Å². The van der Waals surface area contributed by atoms with Gasteiger partial charge in [-0.3, -0.25) is 0 Å². The van der Waals surface area contributed by atoms with Crippen LogP contribution in [-0.4, -0.2) is 81.4 Å². The Kier molecular flexibility index (Phi) is 6.89. The van der Waals surface area contributed by atoms with Gasteiger partial charge in [0.25, 0.3) is 0 Å². The lowest BCUT2D eigenvalue weighted by Gasteiger charge is -2.44. The van der Waals surface area contributed by atoms with Crippen LogP contribution in [0.4, 0.5) is 0 Å². The summed E-state index contributed by atoms with van der Waals surface area (Å²) in [6.07, 6.45) is -8.05. The summed E-state index contributed by atoms with van der Waals surface area (Å²) in [6, 6.07) is 0. The fourth-order valence-corrected chi connectivity index (χ4v) is 1.91. The van der Waals surface area contributed by atoms with Gasteiger partial charge in [-0.05, 0) is 20.4 Å². The third-order valence-corrected chi connectivity index (χ3v) is 3.10. The van der Waals surface area contributed by atoms with E-state index in [0.717, 1.165) is 0 Å². The number of hydrogen-bond acceptors (Lipinski definition) is 10. The van der Waals surface area contributed by atoms with Crippen molar-refractivity contribution >= 4 is 5.97 Å². The first-order valence-corrected chi connectivity index (χ1v) is 6.92. The lowest BCUT2D eigenvalue weighted by atomic mass is 9.98. The van der Waals surface area contributed by atoms with E-state index in [1.165, 1.54) is 6.92 Å². The number of esters is 1. The minimum Gasteiger partial charge on any atom is -0.430 e. The first-order chi connectivity index (χ1) is 10.7. The highest BCUT2D eigenvalue weighted by atomic mass is 16.8. The second kappa shape index (κ2) is 8.02. The Morgan fingerprint density at radius 3 is 2.48 bits per heavy atom. The molecule has 10 heteroatoms. The van der Waals surface area contributed by atoms with E-state index in [2.05, 4.69) is 6.58 Å². The van der Waals surface area contributed by atoms with Crippen LogP contribution >= 0.6 is 0 Å². The van der Waals surface area contributed by atoms with E-state index in [9.17, 15) is 25.2 Å². The van der Waals surface area contributed by atoms with Crippen LogP contribution < -0.4 is 0 Å². The van der Waals surface area contributed by atoms with Crippen LogP contribution in [0.1, 0.15) is 13.8 Å². The number of hydrogen-bond donors (Lipinski definition) is 5. The van der Waals surface area contributed by atoms with Crippen molar-refractivity contribution in [2.75, 3.05) is 13.2 Å². The second-order valence-corrected chi connectivity index (χ2v) is 4.85. The molecular formula is C13H22O10. The zero-order valence-electron chi connectivity index (χ0n) is 12.8. The normalized spacial score (nSPS) is 35.4. The number of rotatable bonds is 7. The molecule has 0 aromatic heterocycles. The standard InChI is InChI=1S/C13H22O10/c1-4-20-7(3)21-12(18)6(2)22-13(19)11(17)10(16)9(15)8(5-14)23-13/h7-11,14-17,19H,2,4-5H2,1,3H3/t7?,8-,9-,10+,11-,13?/m1/s1. The Labute approximate surface area is 132 Å². The number of aliphatic hydroxyl groups excluding tert-OH is 4. The molecule has 6 atom stereocenters. The van der Waals surface area contributed by atoms with Gasteiger partial charge < -0.3 is 44.5 Å². The average molecular weight is 338 g/mol. The largest absolute Gasteiger partial charge is 0.430 e. The summed E-state index contributed by atoms with van der Waals surface area (Å²) >= 11 is 0. The van der Waals surface area contributed by atoms with E-state index in [4.69, 9.17) is 24.1 Å². The van der Waals surface area contributed by atoms with Crippen molar-refractivity contribution in [3.63, 3.8) is 0 Å². The number of aliphatic hydroxyl groups is 5. The van der Waals surface area contributed by atoms with E-state index >= 15 is 0 Å². The maximum Gasteiger partial charge on any atom is 0.375 e. The molecule has 1 heterocycles. The fraction of sp³-hybridized carbons (Fsp3) is 0.769. The molecule has 2 unspecified atom stereocenters. The molecule has 0 spiro atoms. The number of carbonyl (C=O) groups is 1. The zero-order chi connectivity index (χ0) is 17.8. The van der Waals surface area contributed by atoms with Gasteiger partial charge in [0.15, 0.2) is 6.10 Å². The SMILES string of the molecule is C=C(OC1(O)O[C@H](CO)[C@@H](O)[C@H](O)[C@H]1O)C(=O)OC(C)OCC. The van der Waals surface area contributed by atoms with Crippen LogP contribution in [0.5, 0.6) is 0 Å². The molecule has 10 nitrogen and oxygen atoms in total. The summed E-state index contributed by atoms with van der Waals surface area (Å²) in [7, 11) is 0. The molecule has 134 valence electrons. The van der Waals surface area contributed by atoms with Crippen LogP contribution in [0.2, 0.25) is 0 Å². The molecule has 0 bridgehead atoms. The van der Waals surface area contributed by atoms with E-state index < -0.39 is 55.0 Å². The fourth-order valence-electron chi connectivity index (χ4n) is 1.91. The van der Waals surface area contributed by atoms with Gasteiger partial charge in [-0.2, -0.15) is 0 Å². The molecule has 1 fully saturated rings. The van der Waals surface area contributed by atoms with Crippen molar-refractivity contribution in [2.24, 2.45) is 0 Å².